The van der Waals surface area contributed by atoms with Crippen LogP contribution in [0, 0.1) is 0 Å². The highest BCUT2D eigenvalue weighted by molar-refractivity contribution is 8.00. The molecule has 4 N–H and O–H groups in total. The van der Waals surface area contributed by atoms with Crippen LogP contribution in [0.5, 0.6) is 40.2 Å². The van der Waals surface area contributed by atoms with Crippen molar-refractivity contribution in [3.8, 4) is 40.2 Å². The normalized spacial score (nSPS) is 18.0. The van der Waals surface area contributed by atoms with Crippen molar-refractivity contribution in [3.63, 3.8) is 0 Å². The molecule has 0 spiro atoms. The number of carbonyl (C=O) groups excluding carboxylic acids is 3. The van der Waals surface area contributed by atoms with Crippen molar-refractivity contribution in [2.45, 2.75) is 434 Å². The number of aryl methyl sites for hydroxylation is 5. The van der Waals surface area contributed by atoms with Crippen molar-refractivity contribution in [3.05, 3.63) is 258 Å². The molecular weight excluding hydrogens is 1910 g/mol. The monoisotopic (exact) mass is 2090 g/mol. The van der Waals surface area contributed by atoms with Gasteiger partial charge in [-0.15, -0.1) is 20.5 Å². The Balaban J connectivity index is 0.000000173. The number of ether oxygens (including phenoxy) is 8. The van der Waals surface area contributed by atoms with Gasteiger partial charge >= 0.3 is 30.4 Å². The smallest absolute Gasteiger partial charge is 0.508 e. The zero-order valence-corrected chi connectivity index (χ0v) is 98.0. The summed E-state index contributed by atoms with van der Waals surface area (Å²) in [5.41, 5.74) is 25.8. The van der Waals surface area contributed by atoms with Crippen molar-refractivity contribution < 1.29 is 79.3 Å². The van der Waals surface area contributed by atoms with Gasteiger partial charge in [-0.2, -0.15) is 13.2 Å². The van der Waals surface area contributed by atoms with E-state index in [1.54, 1.807) is 46.0 Å². The van der Waals surface area contributed by atoms with Gasteiger partial charge in [0.1, 0.15) is 35.1 Å². The van der Waals surface area contributed by atoms with Crippen LogP contribution in [0.1, 0.15) is 400 Å². The topological polar surface area (TPSA) is 185 Å². The first-order chi connectivity index (χ1) is 68.8. The highest BCUT2D eigenvalue weighted by Crippen LogP contribution is 2.50. The lowest BCUT2D eigenvalue weighted by Crippen LogP contribution is -2.53. The molecule has 2 atom stereocenters. The molecule has 16 nitrogen and oxygen atoms in total. The number of hydrogen-bond donors (Lipinski definition) is 4. The number of thioether (sulfide) groups is 1. The van der Waals surface area contributed by atoms with E-state index < -0.39 is 29.5 Å². The summed E-state index contributed by atoms with van der Waals surface area (Å²) in [6.45, 7) is 78.9. The molecule has 0 fully saturated rings. The minimum Gasteiger partial charge on any atom is -0.508 e. The van der Waals surface area contributed by atoms with E-state index in [0.717, 1.165) is 104 Å². The van der Waals surface area contributed by atoms with E-state index >= 15 is 0 Å². The molecule has 0 bridgehead atoms. The summed E-state index contributed by atoms with van der Waals surface area (Å²) in [5.74, 6) is 0.0435. The number of alkyl carbamates (subject to hydrolysis) is 1. The zero-order valence-electron chi connectivity index (χ0n) is 97.2. The van der Waals surface area contributed by atoms with Crippen molar-refractivity contribution in [1.29, 1.82) is 0 Å². The van der Waals surface area contributed by atoms with E-state index in [1.807, 2.05) is 89.2 Å². The first-order valence-corrected chi connectivity index (χ1v) is 54.9. The molecule has 9 aromatic carbocycles. The molecule has 22 heteroatoms. The average molecular weight is 2090 g/mol. The summed E-state index contributed by atoms with van der Waals surface area (Å²) in [4.78, 5) is 38.5. The molecule has 0 saturated heterocycles. The number of fused-ring (bicyclic) bond motifs is 9. The van der Waals surface area contributed by atoms with Gasteiger partial charge in [-0.1, -0.05) is 298 Å². The van der Waals surface area contributed by atoms with Crippen LogP contribution < -0.4 is 44.4 Å². The van der Waals surface area contributed by atoms with Crippen LogP contribution in [-0.2, 0) is 113 Å². The standard InChI is InChI=1S/C19H29NO2.C18H27NO2.C15H22O.C14H20O.C14H20.C13H15F3O2.C12H15NOS.C12H17NO.C11H12F2O2/c1-18(2,3)14-11-10-13-8-7-9-16(15(13)12-14)20-17(21)22-19(4,5)6;1-17(2,3)15-9-7-8-13-12-19(11-10-14(13)15)16(20)21-18(4,5)6;1-14(2,3)11-6-7-12-13(10-11)16-9-8-15(12,4)5;1-14(2,3)12-8-10-6-4-5-7-11(10)9-13(12)15;1-14(2,3)13-9-8-11-6-4-5-7-12(11)10-13;1-11(2,3)8-5-6-9-10(7-8)18-13(15,16)12(4,14)17-9;1-12(2,3)8-4-5-10-9(6-8)13-11(14)7-15-10;1-12(2,3)9-4-5-11-10(8-9)13-6-7-14-11;1-10(2,3)7-4-5-8-9(6-7)15-11(12,13)14-8/h10-12,16H,7-9H2,1-6H3,(H,20,21);7-9H,10-12H2,1-6H3;6-7,10H,8-9H2,1-5H3;8-9,15H,4-7H2,1-3H3;8-10H,4-7H2,1-3H3;5-7H,1-4H3;4-6H,7H2,1-3H3,(H,13,14);4-5,8,13H,6-7H2,1-3H3;4-6H,1-3H3. The Hall–Kier alpha value is -10.6. The maximum absolute atomic E-state index is 13.6. The van der Waals surface area contributed by atoms with Crippen LogP contribution in [0.3, 0.4) is 0 Å². The van der Waals surface area contributed by atoms with E-state index in [-0.39, 0.29) is 95.9 Å². The van der Waals surface area contributed by atoms with Gasteiger partial charge in [-0.3, -0.25) is 4.79 Å². The molecule has 0 radical (unpaired) electrons. The lowest BCUT2D eigenvalue weighted by Gasteiger charge is -2.36. The Morgan fingerprint density at radius 3 is 1.40 bits per heavy atom. The first-order valence-electron chi connectivity index (χ1n) is 53.9. The summed E-state index contributed by atoms with van der Waals surface area (Å²) in [6, 6.07) is 53.4. The van der Waals surface area contributed by atoms with Gasteiger partial charge in [-0.25, -0.2) is 9.59 Å². The van der Waals surface area contributed by atoms with Crippen molar-refractivity contribution in [1.82, 2.24) is 10.2 Å². The van der Waals surface area contributed by atoms with E-state index in [2.05, 4.69) is 309 Å². The minimum absolute atomic E-state index is 0.0149. The number of phenols is 1. The van der Waals surface area contributed by atoms with Gasteiger partial charge in [0, 0.05) is 31.5 Å². The molecule has 18 rings (SSSR count). The van der Waals surface area contributed by atoms with Gasteiger partial charge in [0.15, 0.2) is 23.0 Å². The third kappa shape index (κ3) is 34.2. The van der Waals surface area contributed by atoms with Gasteiger partial charge < -0.3 is 63.9 Å². The SMILES string of the molecule is CC(C)(C)OC(=O)N1CCc2c(cccc2C(C)(C)C)C1.CC(C)(C)OC(=O)NC1CCCc2ccc(C(C)(C)C)cc21.CC(C)(C)c1cc2c(cc1O)CCCC2.CC(C)(C)c1ccc2c(c1)CCCC2.CC(C)(C)c1ccc2c(c1)NC(=O)CS2.CC(C)(C)c1ccc2c(c1)NCCO2.CC(C)(C)c1ccc2c(c1)OC(F)(F)C(C)(F)O2.CC(C)(C)c1ccc2c(c1)OC(F)(F)O2.CC(C)(C)c1ccc2c(c1)OCCC2(C)C. The van der Waals surface area contributed by atoms with Gasteiger partial charge in [-0.05, 0) is 340 Å². The molecule has 9 aromatic rings. The van der Waals surface area contributed by atoms with E-state index in [1.165, 1.54) is 140 Å². The number of nitrogens with one attached hydrogen (secondary N) is 3. The second kappa shape index (κ2) is 47.1. The van der Waals surface area contributed by atoms with E-state index in [9.17, 15) is 41.4 Å². The van der Waals surface area contributed by atoms with Crippen LogP contribution >= 0.6 is 11.8 Å². The van der Waals surface area contributed by atoms with Crippen LogP contribution in [0.15, 0.2) is 163 Å². The maximum atomic E-state index is 13.6. The number of alkyl halides is 5. The molecular formula is C128H177F5N4O12S. The third-order valence-electron chi connectivity index (χ3n) is 27.9. The molecule has 822 valence electrons. The van der Waals surface area contributed by atoms with Gasteiger partial charge in [0.05, 0.1) is 29.8 Å². The van der Waals surface area contributed by atoms with Gasteiger partial charge in [0.25, 0.3) is 0 Å². The molecule has 0 aromatic heterocycles. The Bertz CT molecular complexity index is 6090. The third-order valence-corrected chi connectivity index (χ3v) is 29.0. The number of phenolic OH excluding ortho intramolecular Hbond substituents is 1. The van der Waals surface area contributed by atoms with Crippen LogP contribution in [-0.4, -0.2) is 89.6 Å². The molecule has 150 heavy (non-hydrogen) atoms. The first kappa shape index (κ1) is 121. The minimum atomic E-state index is -4.00. The molecule has 3 aliphatic carbocycles. The van der Waals surface area contributed by atoms with E-state index in [0.29, 0.717) is 30.4 Å². The summed E-state index contributed by atoms with van der Waals surface area (Å²) in [7, 11) is 0. The number of carbonyl (C=O) groups is 3. The number of halogens is 5. The maximum Gasteiger partial charge on any atom is 0.586 e. The fourth-order valence-electron chi connectivity index (χ4n) is 18.7. The zero-order chi connectivity index (χ0) is 112. The molecule has 9 aliphatic rings. The quantitative estimate of drug-likeness (QED) is 0.114. The molecule has 3 amide bonds. The van der Waals surface area contributed by atoms with Crippen molar-refractivity contribution in [2.75, 3.05) is 42.7 Å². The number of anilines is 2. The number of hydrogen-bond acceptors (Lipinski definition) is 14. The van der Waals surface area contributed by atoms with Crippen LogP contribution in [0.2, 0.25) is 0 Å². The number of aromatic hydroxyl groups is 1. The van der Waals surface area contributed by atoms with Crippen LogP contribution in [0.4, 0.5) is 42.9 Å². The Morgan fingerprint density at radius 2 is 0.860 bits per heavy atom. The van der Waals surface area contributed by atoms with Crippen molar-refractivity contribution >= 4 is 41.2 Å². The highest BCUT2D eigenvalue weighted by Gasteiger charge is 2.60. The fraction of sp³-hybridized carbons (Fsp3) is 0.555. The second-order valence-corrected chi connectivity index (χ2v) is 54.3. The number of nitrogens with zero attached hydrogens (tertiary/aromatic N) is 1. The van der Waals surface area contributed by atoms with Crippen molar-refractivity contribution in [2.24, 2.45) is 0 Å². The fourth-order valence-corrected chi connectivity index (χ4v) is 19.4. The molecule has 0 saturated carbocycles. The number of amides is 3. The highest BCUT2D eigenvalue weighted by atomic mass is 32.2. The van der Waals surface area contributed by atoms with Gasteiger partial charge in [0.2, 0.25) is 5.91 Å². The van der Waals surface area contributed by atoms with E-state index in [4.69, 9.17) is 18.9 Å². The average Bonchev–Trinajstić information content (AvgIpc) is 0.865. The lowest BCUT2D eigenvalue weighted by atomic mass is 9.77. The summed E-state index contributed by atoms with van der Waals surface area (Å²) in [6.07, 6.45) is 7.30. The second-order valence-electron chi connectivity index (χ2n) is 53.2. The predicted octanol–water partition coefficient (Wildman–Crippen LogP) is 33.8. The Morgan fingerprint density at radius 1 is 0.420 bits per heavy atom. The lowest BCUT2D eigenvalue weighted by molar-refractivity contribution is -0.332. The Labute approximate surface area is 899 Å². The summed E-state index contributed by atoms with van der Waals surface area (Å²) < 4.78 is 106. The number of benzene rings is 9. The van der Waals surface area contributed by atoms with Crippen LogP contribution in [0.25, 0.3) is 0 Å². The predicted molar refractivity (Wildman–Crippen MR) is 605 cm³/mol. The Kier molecular flexibility index (Phi) is 38.1. The molecule has 6 aliphatic heterocycles. The summed E-state index contributed by atoms with van der Waals surface area (Å²) in [5, 5.41) is 19.3. The molecule has 2 unspecified atom stereocenters. The molecule has 6 heterocycles. The summed E-state index contributed by atoms with van der Waals surface area (Å²) >= 11 is 1.60. The largest absolute Gasteiger partial charge is 0.586 e. The number of rotatable bonds is 1.